The van der Waals surface area contributed by atoms with E-state index in [1.54, 1.807) is 0 Å². The molecule has 1 aromatic heterocycles. The molecule has 0 amide bonds. The Hall–Kier alpha value is -7.68. The molecule has 0 radical (unpaired) electrons. The monoisotopic (exact) mass is 739 g/mol. The molecule has 11 aromatic rings. The second kappa shape index (κ2) is 14.1. The normalized spacial score (nSPS) is 11.4. The van der Waals surface area contributed by atoms with Crippen LogP contribution in [0.2, 0.25) is 0 Å². The number of para-hydroxylation sites is 1. The molecule has 1 heterocycles. The number of nitrogens with zero attached hydrogens (tertiary/aromatic N) is 1. The first kappa shape index (κ1) is 33.6. The third kappa shape index (κ3) is 5.82. The van der Waals surface area contributed by atoms with Crippen molar-refractivity contribution in [3.8, 4) is 44.5 Å². The highest BCUT2D eigenvalue weighted by molar-refractivity contribution is 6.19. The third-order valence-electron chi connectivity index (χ3n) is 11.5. The maximum absolute atomic E-state index is 6.54. The van der Waals surface area contributed by atoms with Crippen molar-refractivity contribution in [1.82, 2.24) is 0 Å². The van der Waals surface area contributed by atoms with Gasteiger partial charge in [-0.15, -0.1) is 0 Å². The van der Waals surface area contributed by atoms with Crippen LogP contribution in [0.3, 0.4) is 0 Å². The number of hydrogen-bond acceptors (Lipinski definition) is 2. The molecule has 58 heavy (non-hydrogen) atoms. The molecule has 2 nitrogen and oxygen atoms in total. The molecule has 2 heteroatoms. The van der Waals surface area contributed by atoms with Crippen LogP contribution in [0.1, 0.15) is 0 Å². The van der Waals surface area contributed by atoms with Gasteiger partial charge in [0.2, 0.25) is 0 Å². The van der Waals surface area contributed by atoms with Crippen molar-refractivity contribution in [2.24, 2.45) is 0 Å². The summed E-state index contributed by atoms with van der Waals surface area (Å²) in [4.78, 5) is 2.37. The number of benzene rings is 10. The van der Waals surface area contributed by atoms with E-state index in [9.17, 15) is 0 Å². The summed E-state index contributed by atoms with van der Waals surface area (Å²) in [6.07, 6.45) is 0. The van der Waals surface area contributed by atoms with E-state index < -0.39 is 0 Å². The first-order valence-electron chi connectivity index (χ1n) is 19.8. The lowest BCUT2D eigenvalue weighted by atomic mass is 9.96. The molecule has 0 unspecified atom stereocenters. The zero-order valence-corrected chi connectivity index (χ0v) is 31.7. The Morgan fingerprint density at radius 3 is 1.55 bits per heavy atom. The largest absolute Gasteiger partial charge is 0.455 e. The summed E-state index contributed by atoms with van der Waals surface area (Å²) in [5.74, 6) is 0. The average molecular weight is 740 g/mol. The summed E-state index contributed by atoms with van der Waals surface area (Å²) in [6.45, 7) is 0. The molecule has 0 fully saturated rings. The van der Waals surface area contributed by atoms with Crippen LogP contribution in [0.5, 0.6) is 0 Å². The fraction of sp³-hybridized carbons (Fsp3) is 0. The van der Waals surface area contributed by atoms with E-state index in [0.717, 1.165) is 55.5 Å². The highest BCUT2D eigenvalue weighted by Crippen LogP contribution is 2.44. The van der Waals surface area contributed by atoms with Crippen molar-refractivity contribution in [3.05, 3.63) is 224 Å². The Bertz CT molecular complexity index is 3250. The van der Waals surface area contributed by atoms with Crippen LogP contribution >= 0.6 is 0 Å². The standard InChI is InChI=1S/C56H37NO/c1-2-12-41(13-3-1)49-18-8-9-22-53(49)57(45-33-28-39(29-34-45)38-24-26-43(27-25-38)48-20-10-16-40-14-4-6-17-47(40)48)46-35-30-44(31-36-46)50-21-11-23-54-55(50)52-37-32-42-15-5-7-19-51(42)56(52)58-54/h1-37H. The predicted molar refractivity (Wildman–Crippen MR) is 245 cm³/mol. The molecule has 0 atom stereocenters. The summed E-state index contributed by atoms with van der Waals surface area (Å²) in [6, 6.07) is 80.6. The first-order chi connectivity index (χ1) is 28.8. The van der Waals surface area contributed by atoms with Crippen LogP contribution in [0.25, 0.3) is 88.0 Å². The Kier molecular flexibility index (Phi) is 8.19. The lowest BCUT2D eigenvalue weighted by Gasteiger charge is -2.28. The molecular weight excluding hydrogens is 703 g/mol. The Morgan fingerprint density at radius 1 is 0.293 bits per heavy atom. The van der Waals surface area contributed by atoms with Crippen LogP contribution < -0.4 is 4.90 Å². The lowest BCUT2D eigenvalue weighted by Crippen LogP contribution is -2.11. The van der Waals surface area contributed by atoms with Gasteiger partial charge in [-0.25, -0.2) is 0 Å². The second-order valence-corrected chi connectivity index (χ2v) is 14.9. The van der Waals surface area contributed by atoms with Crippen LogP contribution in [-0.4, -0.2) is 0 Å². The van der Waals surface area contributed by atoms with E-state index in [4.69, 9.17) is 4.42 Å². The van der Waals surface area contributed by atoms with Crippen LogP contribution in [0.15, 0.2) is 229 Å². The minimum atomic E-state index is 0.898. The minimum absolute atomic E-state index is 0.898. The van der Waals surface area contributed by atoms with E-state index in [2.05, 4.69) is 229 Å². The van der Waals surface area contributed by atoms with Gasteiger partial charge in [-0.1, -0.05) is 182 Å². The Labute approximate surface area is 337 Å². The highest BCUT2D eigenvalue weighted by atomic mass is 16.3. The fourth-order valence-corrected chi connectivity index (χ4v) is 8.66. The fourth-order valence-electron chi connectivity index (χ4n) is 8.66. The SMILES string of the molecule is c1ccc(-c2ccccc2N(c2ccc(-c3ccc(-c4cccc5ccccc45)cc3)cc2)c2ccc(-c3cccc4oc5c6ccccc6ccc5c34)cc2)cc1. The molecule has 0 N–H and O–H groups in total. The molecule has 272 valence electrons. The predicted octanol–water partition coefficient (Wildman–Crippen LogP) is 16.0. The quantitative estimate of drug-likeness (QED) is 0.162. The van der Waals surface area contributed by atoms with Crippen molar-refractivity contribution in [1.29, 1.82) is 0 Å². The van der Waals surface area contributed by atoms with Gasteiger partial charge in [-0.2, -0.15) is 0 Å². The van der Waals surface area contributed by atoms with Gasteiger partial charge in [-0.05, 0) is 97.6 Å². The molecule has 11 rings (SSSR count). The van der Waals surface area contributed by atoms with Gasteiger partial charge in [0, 0.05) is 33.1 Å². The van der Waals surface area contributed by atoms with Crippen LogP contribution in [0, 0.1) is 0 Å². The van der Waals surface area contributed by atoms with Crippen LogP contribution in [-0.2, 0) is 0 Å². The van der Waals surface area contributed by atoms with E-state index in [1.807, 2.05) is 0 Å². The molecular formula is C56H37NO. The van der Waals surface area contributed by atoms with Crippen LogP contribution in [0.4, 0.5) is 17.1 Å². The maximum Gasteiger partial charge on any atom is 0.143 e. The lowest BCUT2D eigenvalue weighted by molar-refractivity contribution is 0.673. The number of furan rings is 1. The molecule has 0 aliphatic rings. The molecule has 0 saturated heterocycles. The van der Waals surface area contributed by atoms with Crippen molar-refractivity contribution >= 4 is 60.5 Å². The summed E-state index contributed by atoms with van der Waals surface area (Å²) >= 11 is 0. The van der Waals surface area contributed by atoms with E-state index in [1.165, 1.54) is 49.5 Å². The number of fused-ring (bicyclic) bond motifs is 6. The highest BCUT2D eigenvalue weighted by Gasteiger charge is 2.19. The molecule has 0 aliphatic heterocycles. The summed E-state index contributed by atoms with van der Waals surface area (Å²) < 4.78 is 6.54. The number of rotatable bonds is 7. The van der Waals surface area contributed by atoms with Crippen molar-refractivity contribution in [3.63, 3.8) is 0 Å². The molecule has 0 saturated carbocycles. The topological polar surface area (TPSA) is 16.4 Å². The Morgan fingerprint density at radius 2 is 0.793 bits per heavy atom. The van der Waals surface area contributed by atoms with E-state index in [-0.39, 0.29) is 0 Å². The van der Waals surface area contributed by atoms with Gasteiger partial charge in [-0.3, -0.25) is 0 Å². The minimum Gasteiger partial charge on any atom is -0.455 e. The summed E-state index contributed by atoms with van der Waals surface area (Å²) in [7, 11) is 0. The van der Waals surface area contributed by atoms with Gasteiger partial charge < -0.3 is 9.32 Å². The average Bonchev–Trinajstić information content (AvgIpc) is 3.70. The van der Waals surface area contributed by atoms with Gasteiger partial charge in [0.15, 0.2) is 0 Å². The summed E-state index contributed by atoms with van der Waals surface area (Å²) in [5.41, 5.74) is 14.6. The number of hydrogen-bond donors (Lipinski definition) is 0. The number of anilines is 3. The first-order valence-corrected chi connectivity index (χ1v) is 19.8. The zero-order chi connectivity index (χ0) is 38.4. The van der Waals surface area contributed by atoms with Gasteiger partial charge in [0.25, 0.3) is 0 Å². The third-order valence-corrected chi connectivity index (χ3v) is 11.5. The van der Waals surface area contributed by atoms with E-state index in [0.29, 0.717) is 0 Å². The van der Waals surface area contributed by atoms with Gasteiger partial charge >= 0.3 is 0 Å². The van der Waals surface area contributed by atoms with Gasteiger partial charge in [0.05, 0.1) is 5.69 Å². The van der Waals surface area contributed by atoms with Crippen molar-refractivity contribution < 1.29 is 4.42 Å². The zero-order valence-electron chi connectivity index (χ0n) is 31.7. The molecule has 0 bridgehead atoms. The smallest absolute Gasteiger partial charge is 0.143 e. The second-order valence-electron chi connectivity index (χ2n) is 14.9. The Balaban J connectivity index is 0.983. The molecule has 0 aliphatic carbocycles. The van der Waals surface area contributed by atoms with Gasteiger partial charge in [0.1, 0.15) is 11.2 Å². The molecule has 0 spiro atoms. The molecule has 10 aromatic carbocycles. The summed E-state index contributed by atoms with van der Waals surface area (Å²) in [5, 5.41) is 7.11. The van der Waals surface area contributed by atoms with Crippen molar-refractivity contribution in [2.75, 3.05) is 4.90 Å². The van der Waals surface area contributed by atoms with Crippen molar-refractivity contribution in [2.45, 2.75) is 0 Å². The van der Waals surface area contributed by atoms with E-state index >= 15 is 0 Å². The maximum atomic E-state index is 6.54.